The molecule has 4 rings (SSSR count). The Bertz CT molecular complexity index is 934. The van der Waals surface area contributed by atoms with Gasteiger partial charge in [-0.15, -0.1) is 0 Å². The molecular formula is C16H14BN5O. The van der Waals surface area contributed by atoms with Gasteiger partial charge in [0, 0.05) is 31.2 Å². The lowest BCUT2D eigenvalue weighted by Crippen LogP contribution is -2.09. The lowest BCUT2D eigenvalue weighted by molar-refractivity contribution is 0.580. The molecule has 7 heteroatoms. The van der Waals surface area contributed by atoms with Crippen molar-refractivity contribution in [1.82, 2.24) is 19.6 Å². The fourth-order valence-electron chi connectivity index (χ4n) is 2.44. The normalized spacial score (nSPS) is 11.0. The molecule has 112 valence electrons. The molecule has 0 aliphatic rings. The van der Waals surface area contributed by atoms with E-state index in [4.69, 9.17) is 4.42 Å². The molecule has 0 aliphatic heterocycles. The first-order valence-corrected chi connectivity index (χ1v) is 7.33. The number of pyridine rings is 1. The number of rotatable bonds is 4. The molecule has 1 N–H and O–H groups in total. The van der Waals surface area contributed by atoms with E-state index in [1.54, 1.807) is 17.0 Å². The van der Waals surface area contributed by atoms with Crippen molar-refractivity contribution in [1.29, 1.82) is 0 Å². The minimum absolute atomic E-state index is 0.656. The summed E-state index contributed by atoms with van der Waals surface area (Å²) in [4.78, 5) is 8.78. The predicted molar refractivity (Wildman–Crippen MR) is 90.4 cm³/mol. The van der Waals surface area contributed by atoms with Gasteiger partial charge < -0.3 is 9.73 Å². The number of hydrogen-bond acceptors (Lipinski definition) is 5. The summed E-state index contributed by atoms with van der Waals surface area (Å²) in [6, 6.07) is 9.64. The molecular weight excluding hydrogens is 289 g/mol. The van der Waals surface area contributed by atoms with E-state index in [0.717, 1.165) is 33.9 Å². The van der Waals surface area contributed by atoms with Crippen LogP contribution in [0.25, 0.3) is 17.1 Å². The van der Waals surface area contributed by atoms with Crippen molar-refractivity contribution in [2.24, 2.45) is 0 Å². The largest absolute Gasteiger partial charge is 0.463 e. The average molecular weight is 303 g/mol. The van der Waals surface area contributed by atoms with Gasteiger partial charge in [0.25, 0.3) is 0 Å². The number of fused-ring (bicyclic) bond motifs is 1. The summed E-state index contributed by atoms with van der Waals surface area (Å²) < 4.78 is 7.28. The topological polar surface area (TPSA) is 68.2 Å². The highest BCUT2D eigenvalue weighted by Crippen LogP contribution is 2.22. The zero-order chi connectivity index (χ0) is 15.6. The Morgan fingerprint density at radius 3 is 2.96 bits per heavy atom. The Balaban J connectivity index is 1.75. The van der Waals surface area contributed by atoms with Gasteiger partial charge in [0.2, 0.25) is 0 Å². The molecule has 0 radical (unpaired) electrons. The first-order chi connectivity index (χ1) is 11.3. The van der Waals surface area contributed by atoms with Gasteiger partial charge in [-0.25, -0.2) is 4.98 Å². The molecule has 4 heterocycles. The fourth-order valence-corrected chi connectivity index (χ4v) is 2.44. The second-order valence-electron chi connectivity index (χ2n) is 5.28. The van der Waals surface area contributed by atoms with Gasteiger partial charge in [0.15, 0.2) is 11.4 Å². The number of nitrogens with one attached hydrogen (secondary N) is 1. The van der Waals surface area contributed by atoms with Crippen LogP contribution in [0.5, 0.6) is 0 Å². The summed E-state index contributed by atoms with van der Waals surface area (Å²) in [5, 5.41) is 7.80. The highest BCUT2D eigenvalue weighted by atomic mass is 16.3. The van der Waals surface area contributed by atoms with E-state index >= 15 is 0 Å². The van der Waals surface area contributed by atoms with Gasteiger partial charge in [-0.1, -0.05) is 6.07 Å². The van der Waals surface area contributed by atoms with E-state index in [0.29, 0.717) is 6.54 Å². The van der Waals surface area contributed by atoms with Crippen LogP contribution in [-0.4, -0.2) is 27.4 Å². The van der Waals surface area contributed by atoms with Crippen LogP contribution in [0.15, 0.2) is 59.6 Å². The van der Waals surface area contributed by atoms with Crippen molar-refractivity contribution in [2.45, 2.75) is 6.54 Å². The highest BCUT2D eigenvalue weighted by molar-refractivity contribution is 6.36. The second kappa shape index (κ2) is 5.60. The van der Waals surface area contributed by atoms with Crippen molar-refractivity contribution in [3.8, 4) is 11.5 Å². The Labute approximate surface area is 133 Å². The Morgan fingerprint density at radius 2 is 2.17 bits per heavy atom. The van der Waals surface area contributed by atoms with Gasteiger partial charge >= 0.3 is 0 Å². The first-order valence-electron chi connectivity index (χ1n) is 7.33. The molecule has 0 aromatic carbocycles. The van der Waals surface area contributed by atoms with Crippen molar-refractivity contribution in [3.63, 3.8) is 0 Å². The predicted octanol–water partition coefficient (Wildman–Crippen LogP) is 1.25. The maximum absolute atomic E-state index is 5.47. The molecule has 0 spiro atoms. The Morgan fingerprint density at radius 1 is 1.22 bits per heavy atom. The maximum Gasteiger partial charge on any atom is 0.152 e. The van der Waals surface area contributed by atoms with Gasteiger partial charge in [0.05, 0.1) is 6.26 Å². The summed E-state index contributed by atoms with van der Waals surface area (Å²) in [6.07, 6.45) is 7.06. The van der Waals surface area contributed by atoms with Crippen LogP contribution < -0.4 is 10.8 Å². The lowest BCUT2D eigenvalue weighted by Gasteiger charge is -2.10. The van der Waals surface area contributed by atoms with Gasteiger partial charge in [0.1, 0.15) is 19.4 Å². The molecule has 0 amide bonds. The molecule has 0 saturated carbocycles. The quantitative estimate of drug-likeness (QED) is 0.575. The minimum atomic E-state index is 0.656. The van der Waals surface area contributed by atoms with Crippen molar-refractivity contribution in [2.75, 3.05) is 5.32 Å². The molecule has 0 fully saturated rings. The smallest absolute Gasteiger partial charge is 0.152 e. The van der Waals surface area contributed by atoms with Gasteiger partial charge in [-0.2, -0.15) is 9.61 Å². The maximum atomic E-state index is 5.47. The Kier molecular flexibility index (Phi) is 3.31. The monoisotopic (exact) mass is 303 g/mol. The molecule has 0 aliphatic carbocycles. The number of aromatic nitrogens is 4. The van der Waals surface area contributed by atoms with Crippen molar-refractivity contribution in [3.05, 3.63) is 60.7 Å². The zero-order valence-electron chi connectivity index (χ0n) is 12.6. The van der Waals surface area contributed by atoms with Crippen LogP contribution in [0, 0.1) is 0 Å². The average Bonchev–Trinajstić information content (AvgIpc) is 3.24. The van der Waals surface area contributed by atoms with Crippen LogP contribution in [-0.2, 0) is 6.54 Å². The van der Waals surface area contributed by atoms with Crippen LogP contribution in [0.1, 0.15) is 5.56 Å². The summed E-state index contributed by atoms with van der Waals surface area (Å²) >= 11 is 0. The molecule has 6 nitrogen and oxygen atoms in total. The SMILES string of the molecule is Bc1cnn2c(NCc3cccnc3)cc(-c3ccco3)nc12. The number of nitrogens with zero attached hydrogens (tertiary/aromatic N) is 4. The minimum Gasteiger partial charge on any atom is -0.463 e. The van der Waals surface area contributed by atoms with E-state index in [2.05, 4.69) is 20.4 Å². The van der Waals surface area contributed by atoms with Crippen LogP contribution in [0.2, 0.25) is 0 Å². The van der Waals surface area contributed by atoms with Crippen LogP contribution in [0.3, 0.4) is 0 Å². The van der Waals surface area contributed by atoms with E-state index in [1.165, 1.54) is 0 Å². The van der Waals surface area contributed by atoms with Gasteiger partial charge in [-0.3, -0.25) is 4.98 Å². The van der Waals surface area contributed by atoms with E-state index < -0.39 is 0 Å². The first kappa shape index (κ1) is 13.6. The van der Waals surface area contributed by atoms with E-state index in [1.807, 2.05) is 50.6 Å². The zero-order valence-corrected chi connectivity index (χ0v) is 12.6. The van der Waals surface area contributed by atoms with Gasteiger partial charge in [-0.05, 0) is 29.2 Å². The second-order valence-corrected chi connectivity index (χ2v) is 5.28. The molecule has 0 bridgehead atoms. The van der Waals surface area contributed by atoms with Crippen LogP contribution in [0.4, 0.5) is 5.82 Å². The molecule has 0 unspecified atom stereocenters. The fraction of sp³-hybridized carbons (Fsp3) is 0.0625. The number of anilines is 1. The molecule has 23 heavy (non-hydrogen) atoms. The summed E-state index contributed by atoms with van der Waals surface area (Å²) in [6.45, 7) is 0.656. The summed E-state index contributed by atoms with van der Waals surface area (Å²) in [5.41, 5.74) is 3.70. The third-order valence-electron chi connectivity index (χ3n) is 3.62. The third kappa shape index (κ3) is 2.57. The lowest BCUT2D eigenvalue weighted by atomic mass is 10.0. The van der Waals surface area contributed by atoms with E-state index in [-0.39, 0.29) is 0 Å². The van der Waals surface area contributed by atoms with Crippen LogP contribution >= 0.6 is 0 Å². The Hall–Kier alpha value is -3.09. The standard InChI is InChI=1S/C16H14BN5O/c17-12-10-20-22-15(19-9-11-3-1-5-18-8-11)7-13(21-16(12)22)14-4-2-6-23-14/h1-8,10,19H,9,17H2. The molecule has 4 aromatic heterocycles. The molecule has 0 atom stereocenters. The third-order valence-corrected chi connectivity index (χ3v) is 3.62. The number of hydrogen-bond donors (Lipinski definition) is 1. The highest BCUT2D eigenvalue weighted by Gasteiger charge is 2.12. The van der Waals surface area contributed by atoms with E-state index in [9.17, 15) is 0 Å². The van der Waals surface area contributed by atoms with Crippen molar-refractivity contribution < 1.29 is 4.42 Å². The number of furan rings is 1. The molecule has 4 aromatic rings. The molecule has 0 saturated heterocycles. The summed E-state index contributed by atoms with van der Waals surface area (Å²) in [5.74, 6) is 1.59. The summed E-state index contributed by atoms with van der Waals surface area (Å²) in [7, 11) is 1.99. The van der Waals surface area contributed by atoms with Crippen molar-refractivity contribution >= 4 is 24.8 Å².